The molecule has 0 N–H and O–H groups in total. The Kier molecular flexibility index (Phi) is 6.07. The van der Waals surface area contributed by atoms with Gasteiger partial charge < -0.3 is 9.64 Å². The molecule has 0 bridgehead atoms. The van der Waals surface area contributed by atoms with E-state index >= 15 is 0 Å². The van der Waals surface area contributed by atoms with E-state index in [1.807, 2.05) is 31.2 Å². The fraction of sp³-hybridized carbons (Fsp3) is 0.316. The summed E-state index contributed by atoms with van der Waals surface area (Å²) in [6, 6.07) is 11.4. The maximum Gasteiger partial charge on any atom is 0.310 e. The number of esters is 1. The number of rotatable bonds is 6. The summed E-state index contributed by atoms with van der Waals surface area (Å²) >= 11 is 0. The van der Waals surface area contributed by atoms with E-state index in [1.54, 1.807) is 30.2 Å². The molecule has 0 saturated heterocycles. The minimum absolute atomic E-state index is 0.153. The van der Waals surface area contributed by atoms with Gasteiger partial charge >= 0.3 is 5.97 Å². The molecule has 5 heteroatoms. The number of amides is 1. The van der Waals surface area contributed by atoms with Gasteiger partial charge in [0.15, 0.2) is 0 Å². The van der Waals surface area contributed by atoms with Gasteiger partial charge in [0, 0.05) is 25.5 Å². The molecule has 1 heterocycles. The Morgan fingerprint density at radius 2 is 1.92 bits per heavy atom. The van der Waals surface area contributed by atoms with Crippen LogP contribution in [0.15, 0.2) is 48.8 Å². The van der Waals surface area contributed by atoms with Crippen molar-refractivity contribution in [2.24, 2.45) is 5.92 Å². The molecule has 0 fully saturated rings. The minimum atomic E-state index is -0.402. The Hall–Kier alpha value is -2.69. The van der Waals surface area contributed by atoms with Crippen LogP contribution < -0.4 is 0 Å². The first-order valence-corrected chi connectivity index (χ1v) is 7.84. The van der Waals surface area contributed by atoms with Crippen molar-refractivity contribution in [3.8, 4) is 0 Å². The average Bonchev–Trinajstić information content (AvgIpc) is 2.62. The maximum absolute atomic E-state index is 12.8. The number of methoxy groups -OCH3 is 1. The first-order chi connectivity index (χ1) is 11.5. The Labute approximate surface area is 142 Å². The third-order valence-corrected chi connectivity index (χ3v) is 3.79. The minimum Gasteiger partial charge on any atom is -0.469 e. The summed E-state index contributed by atoms with van der Waals surface area (Å²) in [5, 5.41) is 0. The number of hydrogen-bond donors (Lipinski definition) is 0. The van der Waals surface area contributed by atoms with Crippen LogP contribution in [0, 0.1) is 12.8 Å². The van der Waals surface area contributed by atoms with Gasteiger partial charge in [0.1, 0.15) is 0 Å². The molecule has 126 valence electrons. The SMILES string of the molecule is COC(=O)C(C)CN(Cc1ccc(C)cc1)C(=O)c1cccnc1. The summed E-state index contributed by atoms with van der Waals surface area (Å²) < 4.78 is 4.78. The zero-order chi connectivity index (χ0) is 17.5. The van der Waals surface area contributed by atoms with E-state index in [9.17, 15) is 9.59 Å². The van der Waals surface area contributed by atoms with Crippen LogP contribution in [-0.4, -0.2) is 35.4 Å². The highest BCUT2D eigenvalue weighted by atomic mass is 16.5. The van der Waals surface area contributed by atoms with Gasteiger partial charge in [-0.1, -0.05) is 36.8 Å². The third-order valence-electron chi connectivity index (χ3n) is 3.79. The summed E-state index contributed by atoms with van der Waals surface area (Å²) in [6.45, 7) is 4.48. The molecular formula is C19H22N2O3. The molecule has 1 aromatic heterocycles. The lowest BCUT2D eigenvalue weighted by molar-refractivity contribution is -0.145. The molecule has 0 saturated carbocycles. The van der Waals surface area contributed by atoms with E-state index in [1.165, 1.54) is 13.3 Å². The largest absolute Gasteiger partial charge is 0.469 e. The molecule has 2 rings (SSSR count). The van der Waals surface area contributed by atoms with Crippen molar-refractivity contribution in [1.82, 2.24) is 9.88 Å². The van der Waals surface area contributed by atoms with Gasteiger partial charge in [0.25, 0.3) is 5.91 Å². The summed E-state index contributed by atoms with van der Waals surface area (Å²) in [6.07, 6.45) is 3.16. The second-order valence-corrected chi connectivity index (χ2v) is 5.84. The first-order valence-electron chi connectivity index (χ1n) is 7.84. The van der Waals surface area contributed by atoms with Crippen LogP contribution >= 0.6 is 0 Å². The standard InChI is InChI=1S/C19H22N2O3/c1-14-6-8-16(9-7-14)13-21(12-15(2)19(23)24-3)18(22)17-5-4-10-20-11-17/h4-11,15H,12-13H2,1-3H3. The van der Waals surface area contributed by atoms with Crippen LogP contribution in [0.25, 0.3) is 0 Å². The van der Waals surface area contributed by atoms with Gasteiger partial charge in [-0.25, -0.2) is 0 Å². The van der Waals surface area contributed by atoms with Gasteiger partial charge in [-0.05, 0) is 24.6 Å². The highest BCUT2D eigenvalue weighted by Crippen LogP contribution is 2.13. The number of ether oxygens (including phenoxy) is 1. The van der Waals surface area contributed by atoms with Crippen LogP contribution in [0.5, 0.6) is 0 Å². The highest BCUT2D eigenvalue weighted by Gasteiger charge is 2.22. The van der Waals surface area contributed by atoms with E-state index in [4.69, 9.17) is 4.74 Å². The molecule has 0 radical (unpaired) electrons. The van der Waals surface area contributed by atoms with Crippen molar-refractivity contribution in [2.45, 2.75) is 20.4 Å². The van der Waals surface area contributed by atoms with Gasteiger partial charge in [0.2, 0.25) is 0 Å². The zero-order valence-corrected chi connectivity index (χ0v) is 14.2. The number of carbonyl (C=O) groups excluding carboxylic acids is 2. The molecule has 0 aliphatic rings. The fourth-order valence-corrected chi connectivity index (χ4v) is 2.41. The summed E-state index contributed by atoms with van der Waals surface area (Å²) in [7, 11) is 1.35. The van der Waals surface area contributed by atoms with Crippen LogP contribution in [-0.2, 0) is 16.1 Å². The van der Waals surface area contributed by atoms with Gasteiger partial charge in [-0.15, -0.1) is 0 Å². The van der Waals surface area contributed by atoms with Gasteiger partial charge in [-0.2, -0.15) is 0 Å². The number of benzene rings is 1. The number of aromatic nitrogens is 1. The predicted octanol–water partition coefficient (Wildman–Crippen LogP) is 2.84. The lowest BCUT2D eigenvalue weighted by atomic mass is 10.1. The summed E-state index contributed by atoms with van der Waals surface area (Å²) in [4.78, 5) is 30.2. The summed E-state index contributed by atoms with van der Waals surface area (Å²) in [5.74, 6) is -0.886. The van der Waals surface area contributed by atoms with Crippen LogP contribution in [0.1, 0.15) is 28.4 Å². The van der Waals surface area contributed by atoms with Crippen molar-refractivity contribution < 1.29 is 14.3 Å². The maximum atomic E-state index is 12.8. The van der Waals surface area contributed by atoms with Crippen molar-refractivity contribution >= 4 is 11.9 Å². The molecule has 1 aromatic carbocycles. The second kappa shape index (κ2) is 8.24. The normalized spacial score (nSPS) is 11.6. The van der Waals surface area contributed by atoms with Gasteiger partial charge in [-0.3, -0.25) is 14.6 Å². The van der Waals surface area contributed by atoms with E-state index < -0.39 is 5.92 Å². The topological polar surface area (TPSA) is 59.5 Å². The average molecular weight is 326 g/mol. The van der Waals surface area contributed by atoms with E-state index in [2.05, 4.69) is 4.98 Å². The van der Waals surface area contributed by atoms with Crippen LogP contribution in [0.3, 0.4) is 0 Å². The predicted molar refractivity (Wildman–Crippen MR) is 91.3 cm³/mol. The van der Waals surface area contributed by atoms with Crippen LogP contribution in [0.2, 0.25) is 0 Å². The van der Waals surface area contributed by atoms with E-state index in [0.29, 0.717) is 12.1 Å². The molecule has 0 aliphatic heterocycles. The molecular weight excluding hydrogens is 304 g/mol. The quantitative estimate of drug-likeness (QED) is 0.766. The molecule has 2 aromatic rings. The monoisotopic (exact) mass is 326 g/mol. The number of aryl methyl sites for hydroxylation is 1. The first kappa shape index (κ1) is 17.7. The van der Waals surface area contributed by atoms with Gasteiger partial charge in [0.05, 0.1) is 18.6 Å². The molecule has 1 amide bonds. The number of hydrogen-bond acceptors (Lipinski definition) is 4. The molecule has 1 atom stereocenters. The Morgan fingerprint density at radius 3 is 2.50 bits per heavy atom. The van der Waals surface area contributed by atoms with E-state index in [-0.39, 0.29) is 18.4 Å². The number of nitrogens with zero attached hydrogens (tertiary/aromatic N) is 2. The Morgan fingerprint density at radius 1 is 1.21 bits per heavy atom. The molecule has 0 spiro atoms. The second-order valence-electron chi connectivity index (χ2n) is 5.84. The molecule has 5 nitrogen and oxygen atoms in total. The summed E-state index contributed by atoms with van der Waals surface area (Å²) in [5.41, 5.74) is 2.67. The number of carbonyl (C=O) groups is 2. The van der Waals surface area contributed by atoms with Crippen molar-refractivity contribution in [3.05, 3.63) is 65.5 Å². The van der Waals surface area contributed by atoms with Crippen molar-refractivity contribution in [2.75, 3.05) is 13.7 Å². The number of pyridine rings is 1. The van der Waals surface area contributed by atoms with Crippen LogP contribution in [0.4, 0.5) is 0 Å². The van der Waals surface area contributed by atoms with Crippen molar-refractivity contribution in [3.63, 3.8) is 0 Å². The zero-order valence-electron chi connectivity index (χ0n) is 14.2. The Balaban J connectivity index is 2.21. The highest BCUT2D eigenvalue weighted by molar-refractivity contribution is 5.94. The molecule has 0 aliphatic carbocycles. The molecule has 1 unspecified atom stereocenters. The smallest absolute Gasteiger partial charge is 0.310 e. The van der Waals surface area contributed by atoms with E-state index in [0.717, 1.165) is 11.1 Å². The molecule has 24 heavy (non-hydrogen) atoms. The van der Waals surface area contributed by atoms with Crippen molar-refractivity contribution in [1.29, 1.82) is 0 Å². The lowest BCUT2D eigenvalue weighted by Gasteiger charge is -2.25. The Bertz CT molecular complexity index is 684. The third kappa shape index (κ3) is 4.65. The fourth-order valence-electron chi connectivity index (χ4n) is 2.41. The lowest BCUT2D eigenvalue weighted by Crippen LogP contribution is -2.36.